The fourth-order valence-electron chi connectivity index (χ4n) is 3.13. The van der Waals surface area contributed by atoms with Crippen LogP contribution in [0.4, 0.5) is 0 Å². The van der Waals surface area contributed by atoms with E-state index in [1.165, 1.54) is 44.9 Å². The van der Waals surface area contributed by atoms with Gasteiger partial charge < -0.3 is 9.15 Å². The van der Waals surface area contributed by atoms with Gasteiger partial charge in [0.25, 0.3) is 0 Å². The van der Waals surface area contributed by atoms with Gasteiger partial charge in [0.15, 0.2) is 5.43 Å². The summed E-state index contributed by atoms with van der Waals surface area (Å²) in [6, 6.07) is 10.9. The second-order valence-electron chi connectivity index (χ2n) is 8.62. The number of ether oxygens (including phenoxy) is 1. The van der Waals surface area contributed by atoms with Gasteiger partial charge in [-0.15, -0.1) is 0 Å². The van der Waals surface area contributed by atoms with Crippen LogP contribution in [0, 0.1) is 0 Å². The lowest BCUT2D eigenvalue weighted by atomic mass is 9.93. The van der Waals surface area contributed by atoms with Crippen molar-refractivity contribution in [1.29, 1.82) is 0 Å². The van der Waals surface area contributed by atoms with Crippen molar-refractivity contribution in [2.75, 3.05) is 6.61 Å². The van der Waals surface area contributed by atoms with Crippen molar-refractivity contribution >= 4 is 0 Å². The van der Waals surface area contributed by atoms with Crippen molar-refractivity contribution in [3.8, 4) is 17.1 Å². The molecule has 154 valence electrons. The number of rotatable bonds is 11. The molecule has 0 saturated carbocycles. The standard InChI is InChI=1S/C25H36O3/c1-5-6-7-8-9-10-11-12-17-27-22-15-13-20(14-16-22)23-18-21(26)19-24(28-23)25(2,3)4/h13-16,18-19H,5-12,17H2,1-4H3. The Hall–Kier alpha value is -2.03. The third kappa shape index (κ3) is 7.53. The summed E-state index contributed by atoms with van der Waals surface area (Å²) in [6.07, 6.45) is 10.4. The van der Waals surface area contributed by atoms with Crippen molar-refractivity contribution in [3.63, 3.8) is 0 Å². The Morgan fingerprint density at radius 3 is 2.07 bits per heavy atom. The van der Waals surface area contributed by atoms with Gasteiger partial charge in [0.2, 0.25) is 0 Å². The molecule has 0 bridgehead atoms. The molecule has 3 nitrogen and oxygen atoms in total. The molecule has 0 aliphatic rings. The molecule has 2 aromatic rings. The highest BCUT2D eigenvalue weighted by molar-refractivity contribution is 5.58. The Morgan fingerprint density at radius 1 is 0.857 bits per heavy atom. The normalized spacial score (nSPS) is 11.6. The van der Waals surface area contributed by atoms with Gasteiger partial charge in [0.05, 0.1) is 6.61 Å². The van der Waals surface area contributed by atoms with Gasteiger partial charge >= 0.3 is 0 Å². The van der Waals surface area contributed by atoms with E-state index in [2.05, 4.69) is 6.92 Å². The molecule has 3 heteroatoms. The van der Waals surface area contributed by atoms with Crippen LogP contribution in [0.5, 0.6) is 5.75 Å². The molecular weight excluding hydrogens is 348 g/mol. The van der Waals surface area contributed by atoms with Crippen LogP contribution < -0.4 is 10.2 Å². The topological polar surface area (TPSA) is 39.4 Å². The van der Waals surface area contributed by atoms with Gasteiger partial charge in [-0.3, -0.25) is 4.79 Å². The molecule has 0 fully saturated rings. The monoisotopic (exact) mass is 384 g/mol. The summed E-state index contributed by atoms with van der Waals surface area (Å²) in [6.45, 7) is 9.12. The molecule has 0 saturated heterocycles. The van der Waals surface area contributed by atoms with E-state index in [-0.39, 0.29) is 10.8 Å². The molecule has 0 atom stereocenters. The minimum absolute atomic E-state index is 0.0267. The van der Waals surface area contributed by atoms with E-state index in [0.29, 0.717) is 11.5 Å². The van der Waals surface area contributed by atoms with E-state index < -0.39 is 0 Å². The van der Waals surface area contributed by atoms with Crippen LogP contribution >= 0.6 is 0 Å². The van der Waals surface area contributed by atoms with Crippen LogP contribution in [0.3, 0.4) is 0 Å². The second kappa shape index (κ2) is 11.1. The van der Waals surface area contributed by atoms with Crippen LogP contribution in [0.2, 0.25) is 0 Å². The molecule has 0 N–H and O–H groups in total. The molecule has 0 radical (unpaired) electrons. The highest BCUT2D eigenvalue weighted by Crippen LogP contribution is 2.27. The maximum Gasteiger partial charge on any atom is 0.185 e. The lowest BCUT2D eigenvalue weighted by molar-refractivity contribution is 0.304. The van der Waals surface area contributed by atoms with Gasteiger partial charge in [-0.2, -0.15) is 0 Å². The Kier molecular flexibility index (Phi) is 8.82. The summed E-state index contributed by atoms with van der Waals surface area (Å²) in [5.74, 6) is 2.16. The molecule has 0 spiro atoms. The largest absolute Gasteiger partial charge is 0.494 e. The molecule has 0 amide bonds. The van der Waals surface area contributed by atoms with Gasteiger partial charge in [0, 0.05) is 23.1 Å². The molecule has 0 aliphatic carbocycles. The van der Waals surface area contributed by atoms with Gasteiger partial charge in [-0.25, -0.2) is 0 Å². The Morgan fingerprint density at radius 2 is 1.46 bits per heavy atom. The zero-order valence-corrected chi connectivity index (χ0v) is 18.1. The third-order valence-electron chi connectivity index (χ3n) is 4.91. The minimum atomic E-state index is -0.200. The average Bonchev–Trinajstić information content (AvgIpc) is 2.66. The van der Waals surface area contributed by atoms with Gasteiger partial charge in [-0.05, 0) is 30.7 Å². The van der Waals surface area contributed by atoms with Crippen LogP contribution in [-0.4, -0.2) is 6.61 Å². The molecule has 28 heavy (non-hydrogen) atoms. The summed E-state index contributed by atoms with van der Waals surface area (Å²) in [5, 5.41) is 0. The summed E-state index contributed by atoms with van der Waals surface area (Å²) in [7, 11) is 0. The van der Waals surface area contributed by atoms with Crippen LogP contribution in [-0.2, 0) is 5.41 Å². The van der Waals surface area contributed by atoms with Crippen LogP contribution in [0.25, 0.3) is 11.3 Å². The summed E-state index contributed by atoms with van der Waals surface area (Å²) in [5.41, 5.74) is 0.664. The first-order valence-electron chi connectivity index (χ1n) is 10.8. The first-order chi connectivity index (χ1) is 13.4. The van der Waals surface area contributed by atoms with Crippen LogP contribution in [0.1, 0.15) is 84.8 Å². The molecule has 0 unspecified atom stereocenters. The Labute approximate surface area is 170 Å². The maximum atomic E-state index is 12.0. The summed E-state index contributed by atoms with van der Waals surface area (Å²) < 4.78 is 11.8. The lowest BCUT2D eigenvalue weighted by Crippen LogP contribution is -2.14. The average molecular weight is 385 g/mol. The SMILES string of the molecule is CCCCCCCCCCOc1ccc(-c2cc(=O)cc(C(C)(C)C)o2)cc1. The van der Waals surface area contributed by atoms with Crippen molar-refractivity contribution < 1.29 is 9.15 Å². The molecule has 0 aliphatic heterocycles. The fraction of sp³-hybridized carbons (Fsp3) is 0.560. The van der Waals surface area contributed by atoms with E-state index in [1.807, 2.05) is 45.0 Å². The highest BCUT2D eigenvalue weighted by Gasteiger charge is 2.18. The smallest absolute Gasteiger partial charge is 0.185 e. The zero-order chi connectivity index (χ0) is 20.4. The number of unbranched alkanes of at least 4 members (excludes halogenated alkanes) is 7. The van der Waals surface area contributed by atoms with E-state index in [9.17, 15) is 4.79 Å². The molecule has 1 aromatic carbocycles. The number of hydrogen-bond donors (Lipinski definition) is 0. The highest BCUT2D eigenvalue weighted by atomic mass is 16.5. The quantitative estimate of drug-likeness (QED) is 0.387. The molecular formula is C25H36O3. The van der Waals surface area contributed by atoms with E-state index in [4.69, 9.17) is 9.15 Å². The third-order valence-corrected chi connectivity index (χ3v) is 4.91. The maximum absolute atomic E-state index is 12.0. The molecule has 1 heterocycles. The van der Waals surface area contributed by atoms with Crippen molar-refractivity contribution in [2.45, 2.75) is 84.5 Å². The minimum Gasteiger partial charge on any atom is -0.494 e. The number of benzene rings is 1. The fourth-order valence-corrected chi connectivity index (χ4v) is 3.13. The van der Waals surface area contributed by atoms with Crippen molar-refractivity contribution in [1.82, 2.24) is 0 Å². The van der Waals surface area contributed by atoms with E-state index in [1.54, 1.807) is 12.1 Å². The number of hydrogen-bond acceptors (Lipinski definition) is 3. The van der Waals surface area contributed by atoms with Crippen molar-refractivity contribution in [2.24, 2.45) is 0 Å². The van der Waals surface area contributed by atoms with E-state index >= 15 is 0 Å². The lowest BCUT2D eigenvalue weighted by Gasteiger charge is -2.17. The Bertz CT molecular complexity index is 751. The predicted octanol–water partition coefficient (Wildman–Crippen LogP) is 7.12. The zero-order valence-electron chi connectivity index (χ0n) is 18.1. The molecule has 2 rings (SSSR count). The summed E-state index contributed by atoms with van der Waals surface area (Å²) >= 11 is 0. The van der Waals surface area contributed by atoms with Crippen molar-refractivity contribution in [3.05, 3.63) is 52.4 Å². The van der Waals surface area contributed by atoms with Gasteiger partial charge in [-0.1, -0.05) is 72.6 Å². The van der Waals surface area contributed by atoms with E-state index in [0.717, 1.165) is 24.3 Å². The second-order valence-corrected chi connectivity index (χ2v) is 8.62. The van der Waals surface area contributed by atoms with Crippen LogP contribution in [0.15, 0.2) is 45.6 Å². The predicted molar refractivity (Wildman–Crippen MR) is 117 cm³/mol. The Balaban J connectivity index is 1.81. The first-order valence-corrected chi connectivity index (χ1v) is 10.8. The summed E-state index contributed by atoms with van der Waals surface area (Å²) in [4.78, 5) is 12.0. The molecule has 1 aromatic heterocycles. The first kappa shape index (κ1) is 22.3. The van der Waals surface area contributed by atoms with Gasteiger partial charge in [0.1, 0.15) is 17.3 Å².